The number of carbonyl (C=O) groups excluding carboxylic acids is 2. The smallest absolute Gasteiger partial charge is 0.240 e. The molecule has 2 amide bonds. The number of hydrogen-bond acceptors (Lipinski definition) is 5. The van der Waals surface area contributed by atoms with Gasteiger partial charge in [0.25, 0.3) is 0 Å². The van der Waals surface area contributed by atoms with Crippen LogP contribution in [0.25, 0.3) is 0 Å². The van der Waals surface area contributed by atoms with E-state index in [2.05, 4.69) is 20.8 Å². The van der Waals surface area contributed by atoms with Gasteiger partial charge in [-0.05, 0) is 26.0 Å². The normalized spacial score (nSPS) is 19.2. The molecule has 0 spiro atoms. The van der Waals surface area contributed by atoms with Gasteiger partial charge in [0, 0.05) is 17.8 Å². The lowest BCUT2D eigenvalue weighted by Gasteiger charge is -2.06. The fraction of sp³-hybridized carbons (Fsp3) is 0.286. The minimum Gasteiger partial charge on any atom is -0.326 e. The maximum atomic E-state index is 11.9. The fourth-order valence-corrected chi connectivity index (χ4v) is 2.55. The van der Waals surface area contributed by atoms with Crippen LogP contribution in [0.15, 0.2) is 40.5 Å². The Morgan fingerprint density at radius 3 is 2.71 bits per heavy atom. The molecule has 1 aromatic carbocycles. The summed E-state index contributed by atoms with van der Waals surface area (Å²) in [5, 5.41) is 13.1. The Labute approximate surface area is 127 Å². The number of carbonyl (C=O) groups is 2. The Balaban J connectivity index is 1.91. The van der Waals surface area contributed by atoms with Crippen molar-refractivity contribution >= 4 is 40.1 Å². The number of nitrogens with one attached hydrogen (secondary N) is 2. The summed E-state index contributed by atoms with van der Waals surface area (Å²) in [6.07, 6.45) is 0.0965. The largest absolute Gasteiger partial charge is 0.326 e. The average Bonchev–Trinajstić information content (AvgIpc) is 2.78. The Morgan fingerprint density at radius 2 is 2.05 bits per heavy atom. The quantitative estimate of drug-likeness (QED) is 0.659. The Kier molecular flexibility index (Phi) is 5.10. The van der Waals surface area contributed by atoms with E-state index in [0.717, 1.165) is 5.71 Å². The molecule has 0 unspecified atom stereocenters. The molecule has 2 rings (SSSR count). The molecule has 1 aliphatic rings. The fourth-order valence-electron chi connectivity index (χ4n) is 1.63. The molecule has 110 valence electrons. The van der Waals surface area contributed by atoms with Gasteiger partial charge < -0.3 is 10.6 Å². The molecule has 1 saturated heterocycles. The number of anilines is 1. The zero-order valence-electron chi connectivity index (χ0n) is 11.8. The van der Waals surface area contributed by atoms with E-state index < -0.39 is 5.25 Å². The van der Waals surface area contributed by atoms with E-state index in [1.165, 1.54) is 11.8 Å². The molecule has 1 atom stereocenters. The van der Waals surface area contributed by atoms with Crippen molar-refractivity contribution in [2.24, 2.45) is 10.2 Å². The van der Waals surface area contributed by atoms with E-state index in [9.17, 15) is 9.59 Å². The van der Waals surface area contributed by atoms with E-state index in [-0.39, 0.29) is 18.2 Å². The van der Waals surface area contributed by atoms with Crippen molar-refractivity contribution in [3.8, 4) is 0 Å². The standard InChI is InChI=1S/C14H16N4O2S/c1-9(2)17-18-14-16-13(20)11(21-14)8-12(19)15-10-6-4-3-5-7-10/h3-7,11H,8H2,1-2H3,(H,15,19)(H,16,18,20)/t11-/m1/s1. The third-order valence-electron chi connectivity index (χ3n) is 2.55. The monoisotopic (exact) mass is 304 g/mol. The summed E-state index contributed by atoms with van der Waals surface area (Å²) in [5.74, 6) is -0.420. The van der Waals surface area contributed by atoms with Gasteiger partial charge in [0.1, 0.15) is 5.25 Å². The topological polar surface area (TPSA) is 82.9 Å². The number of para-hydroxylation sites is 1. The first-order valence-corrected chi connectivity index (χ1v) is 7.34. The molecular formula is C14H16N4O2S. The van der Waals surface area contributed by atoms with Gasteiger partial charge in [-0.3, -0.25) is 9.59 Å². The second-order valence-corrected chi connectivity index (χ2v) is 5.86. The number of amides is 2. The molecule has 7 heteroatoms. The first-order valence-electron chi connectivity index (χ1n) is 6.46. The van der Waals surface area contributed by atoms with Gasteiger partial charge in [0.2, 0.25) is 11.8 Å². The lowest BCUT2D eigenvalue weighted by molar-refractivity contribution is -0.122. The molecule has 0 radical (unpaired) electrons. The predicted molar refractivity (Wildman–Crippen MR) is 85.4 cm³/mol. The van der Waals surface area contributed by atoms with Gasteiger partial charge in [0.15, 0.2) is 5.17 Å². The molecule has 0 aliphatic carbocycles. The summed E-state index contributed by atoms with van der Waals surface area (Å²) >= 11 is 1.22. The summed E-state index contributed by atoms with van der Waals surface area (Å²) < 4.78 is 0. The third-order valence-corrected chi connectivity index (χ3v) is 3.62. The summed E-state index contributed by atoms with van der Waals surface area (Å²) in [4.78, 5) is 23.7. The molecule has 21 heavy (non-hydrogen) atoms. The number of nitrogens with zero attached hydrogens (tertiary/aromatic N) is 2. The minimum atomic E-state index is -0.472. The molecule has 1 aromatic rings. The van der Waals surface area contributed by atoms with Gasteiger partial charge in [-0.2, -0.15) is 5.10 Å². The van der Waals surface area contributed by atoms with E-state index in [0.29, 0.717) is 10.9 Å². The summed E-state index contributed by atoms with van der Waals surface area (Å²) in [6.45, 7) is 3.63. The average molecular weight is 304 g/mol. The highest BCUT2D eigenvalue weighted by atomic mass is 32.2. The van der Waals surface area contributed by atoms with Crippen molar-refractivity contribution in [2.75, 3.05) is 5.32 Å². The lowest BCUT2D eigenvalue weighted by atomic mass is 10.2. The Bertz CT molecular complexity index is 594. The van der Waals surface area contributed by atoms with Crippen LogP contribution in [-0.2, 0) is 9.59 Å². The highest BCUT2D eigenvalue weighted by Crippen LogP contribution is 2.23. The first kappa shape index (κ1) is 15.2. The molecular weight excluding hydrogens is 288 g/mol. The van der Waals surface area contributed by atoms with E-state index in [4.69, 9.17) is 0 Å². The maximum absolute atomic E-state index is 11.9. The van der Waals surface area contributed by atoms with Crippen LogP contribution in [0.5, 0.6) is 0 Å². The number of rotatable bonds is 4. The highest BCUT2D eigenvalue weighted by Gasteiger charge is 2.32. The molecule has 1 aliphatic heterocycles. The van der Waals surface area contributed by atoms with Crippen LogP contribution < -0.4 is 10.6 Å². The Hall–Kier alpha value is -2.15. The van der Waals surface area contributed by atoms with Gasteiger partial charge >= 0.3 is 0 Å². The van der Waals surface area contributed by atoms with Crippen molar-refractivity contribution in [1.29, 1.82) is 0 Å². The van der Waals surface area contributed by atoms with Crippen LogP contribution in [0.3, 0.4) is 0 Å². The van der Waals surface area contributed by atoms with Crippen LogP contribution in [0, 0.1) is 0 Å². The maximum Gasteiger partial charge on any atom is 0.240 e. The van der Waals surface area contributed by atoms with Gasteiger partial charge in [0.05, 0.1) is 0 Å². The SMILES string of the molecule is CC(C)=NN=C1NC(=O)[C@@H](CC(=O)Nc2ccccc2)S1. The van der Waals surface area contributed by atoms with Gasteiger partial charge in [-0.15, -0.1) is 5.10 Å². The molecule has 0 aromatic heterocycles. The number of amidine groups is 1. The number of benzene rings is 1. The van der Waals surface area contributed by atoms with Crippen LogP contribution in [0.1, 0.15) is 20.3 Å². The minimum absolute atomic E-state index is 0.0965. The molecule has 0 saturated carbocycles. The van der Waals surface area contributed by atoms with Crippen LogP contribution in [0.4, 0.5) is 5.69 Å². The number of hydrogen-bond donors (Lipinski definition) is 2. The molecule has 0 bridgehead atoms. The van der Waals surface area contributed by atoms with Crippen LogP contribution >= 0.6 is 11.8 Å². The first-order chi connectivity index (χ1) is 10.0. The second-order valence-electron chi connectivity index (χ2n) is 4.67. The number of thioether (sulfide) groups is 1. The summed E-state index contributed by atoms with van der Waals surface area (Å²) in [5.41, 5.74) is 1.51. The van der Waals surface area contributed by atoms with Crippen molar-refractivity contribution in [2.45, 2.75) is 25.5 Å². The van der Waals surface area contributed by atoms with Crippen molar-refractivity contribution in [3.63, 3.8) is 0 Å². The van der Waals surface area contributed by atoms with E-state index in [1.54, 1.807) is 12.1 Å². The van der Waals surface area contributed by atoms with Crippen LogP contribution in [-0.4, -0.2) is 27.9 Å². The van der Waals surface area contributed by atoms with Gasteiger partial charge in [-0.1, -0.05) is 30.0 Å². The predicted octanol–water partition coefficient (Wildman–Crippen LogP) is 2.00. The third kappa shape index (κ3) is 4.71. The zero-order chi connectivity index (χ0) is 15.2. The second kappa shape index (κ2) is 7.03. The highest BCUT2D eigenvalue weighted by molar-refractivity contribution is 8.15. The summed E-state index contributed by atoms with van der Waals surface area (Å²) in [7, 11) is 0. The molecule has 6 nitrogen and oxygen atoms in total. The molecule has 1 heterocycles. The molecule has 1 fully saturated rings. The Morgan fingerprint density at radius 1 is 1.33 bits per heavy atom. The van der Waals surface area contributed by atoms with Crippen LogP contribution in [0.2, 0.25) is 0 Å². The van der Waals surface area contributed by atoms with Crippen molar-refractivity contribution in [3.05, 3.63) is 30.3 Å². The van der Waals surface area contributed by atoms with Crippen molar-refractivity contribution < 1.29 is 9.59 Å². The van der Waals surface area contributed by atoms with Gasteiger partial charge in [-0.25, -0.2) is 0 Å². The zero-order valence-corrected chi connectivity index (χ0v) is 12.6. The van der Waals surface area contributed by atoms with Crippen molar-refractivity contribution in [1.82, 2.24) is 5.32 Å². The van der Waals surface area contributed by atoms with E-state index >= 15 is 0 Å². The van der Waals surface area contributed by atoms with E-state index in [1.807, 2.05) is 32.0 Å². The molecule has 2 N–H and O–H groups in total. The lowest BCUT2D eigenvalue weighted by Crippen LogP contribution is -2.28. The summed E-state index contributed by atoms with van der Waals surface area (Å²) in [6, 6.07) is 9.14.